The number of rotatable bonds is 9. The lowest BCUT2D eigenvalue weighted by Gasteiger charge is -2.27. The third kappa shape index (κ3) is 6.55. The fourth-order valence-electron chi connectivity index (χ4n) is 5.50. The van der Waals surface area contributed by atoms with Crippen molar-refractivity contribution in [2.75, 3.05) is 6.61 Å². The van der Waals surface area contributed by atoms with Gasteiger partial charge in [-0.05, 0) is 77.4 Å². The van der Waals surface area contributed by atoms with E-state index >= 15 is 0 Å². The van der Waals surface area contributed by atoms with Crippen LogP contribution in [0.15, 0.2) is 103 Å². The van der Waals surface area contributed by atoms with Crippen LogP contribution in [0.1, 0.15) is 67.1 Å². The molecule has 1 atom stereocenters. The Labute approximate surface area is 259 Å². The van der Waals surface area contributed by atoms with Gasteiger partial charge in [-0.3, -0.25) is 9.59 Å². The molecule has 0 aliphatic carbocycles. The minimum atomic E-state index is -0.769. The number of hydrogen-bond donors (Lipinski definition) is 1. The first-order chi connectivity index (χ1) is 21.1. The summed E-state index contributed by atoms with van der Waals surface area (Å²) in [5, 5.41) is 11.7. The Morgan fingerprint density at radius 2 is 1.55 bits per heavy atom. The van der Waals surface area contributed by atoms with Gasteiger partial charge < -0.3 is 19.5 Å². The van der Waals surface area contributed by atoms with Crippen LogP contribution in [-0.4, -0.2) is 28.3 Å². The molecule has 4 aromatic carbocycles. The molecule has 0 radical (unpaired) electrons. The molecule has 44 heavy (non-hydrogen) atoms. The van der Waals surface area contributed by atoms with Crippen molar-refractivity contribution < 1.29 is 24.2 Å². The van der Waals surface area contributed by atoms with Gasteiger partial charge in [-0.1, -0.05) is 87.5 Å². The van der Waals surface area contributed by atoms with Crippen LogP contribution in [0.5, 0.6) is 11.5 Å². The number of amides is 1. The number of benzene rings is 4. The first kappa shape index (κ1) is 30.6. The van der Waals surface area contributed by atoms with Crippen molar-refractivity contribution in [1.29, 1.82) is 0 Å². The van der Waals surface area contributed by atoms with Crippen molar-refractivity contribution >= 4 is 17.4 Å². The normalized spacial score (nSPS) is 16.3. The summed E-state index contributed by atoms with van der Waals surface area (Å²) in [6, 6.07) is 29.8. The standard InChI is InChI=1S/C38H39NO5/c1-6-43-31-14-10-13-27(22-31)23-39-34(28-15-18-30(19-16-28)38(3,4)5)33(36(41)37(39)42)35(40)29-17-20-32(25(2)21-29)44-24-26-11-8-7-9-12-26/h7-22,34,40H,6,23-24H2,1-5H3/b35-33-. The van der Waals surface area contributed by atoms with Gasteiger partial charge in [0, 0.05) is 12.1 Å². The predicted octanol–water partition coefficient (Wildman–Crippen LogP) is 7.89. The van der Waals surface area contributed by atoms with Gasteiger partial charge in [0.2, 0.25) is 0 Å². The van der Waals surface area contributed by atoms with E-state index in [2.05, 4.69) is 20.8 Å². The smallest absolute Gasteiger partial charge is 0.295 e. The predicted molar refractivity (Wildman–Crippen MR) is 173 cm³/mol. The summed E-state index contributed by atoms with van der Waals surface area (Å²) < 4.78 is 11.7. The second-order valence-electron chi connectivity index (χ2n) is 12.1. The van der Waals surface area contributed by atoms with E-state index in [0.29, 0.717) is 30.3 Å². The molecule has 4 aromatic rings. The largest absolute Gasteiger partial charge is 0.507 e. The van der Waals surface area contributed by atoms with Crippen molar-refractivity contribution in [2.45, 2.75) is 59.2 Å². The summed E-state index contributed by atoms with van der Waals surface area (Å²) in [5.74, 6) is -0.211. The average Bonchev–Trinajstić information content (AvgIpc) is 3.25. The molecule has 0 spiro atoms. The van der Waals surface area contributed by atoms with Crippen molar-refractivity contribution in [3.05, 3.63) is 136 Å². The lowest BCUT2D eigenvalue weighted by atomic mass is 9.85. The van der Waals surface area contributed by atoms with Crippen LogP contribution in [0, 0.1) is 6.92 Å². The Hall–Kier alpha value is -4.84. The van der Waals surface area contributed by atoms with E-state index in [9.17, 15) is 14.7 Å². The molecule has 1 unspecified atom stereocenters. The van der Waals surface area contributed by atoms with Crippen LogP contribution >= 0.6 is 0 Å². The Kier molecular flexibility index (Phi) is 8.91. The second-order valence-corrected chi connectivity index (χ2v) is 12.1. The summed E-state index contributed by atoms with van der Waals surface area (Å²) in [4.78, 5) is 28.8. The van der Waals surface area contributed by atoms with Gasteiger partial charge in [0.05, 0.1) is 18.2 Å². The molecule has 6 nitrogen and oxygen atoms in total. The number of ether oxygens (including phenoxy) is 2. The molecule has 0 aromatic heterocycles. The molecule has 0 saturated carbocycles. The van der Waals surface area contributed by atoms with E-state index in [1.54, 1.807) is 18.2 Å². The quantitative estimate of drug-likeness (QED) is 0.122. The second kappa shape index (κ2) is 12.8. The lowest BCUT2D eigenvalue weighted by molar-refractivity contribution is -0.140. The molecular weight excluding hydrogens is 550 g/mol. The molecule has 5 rings (SSSR count). The molecular formula is C38H39NO5. The van der Waals surface area contributed by atoms with E-state index in [-0.39, 0.29) is 23.3 Å². The van der Waals surface area contributed by atoms with Crippen molar-refractivity contribution in [3.8, 4) is 11.5 Å². The van der Waals surface area contributed by atoms with Crippen LogP contribution < -0.4 is 9.47 Å². The Balaban J connectivity index is 1.53. The van der Waals surface area contributed by atoms with Gasteiger partial charge in [0.25, 0.3) is 11.7 Å². The van der Waals surface area contributed by atoms with Gasteiger partial charge in [0.15, 0.2) is 0 Å². The van der Waals surface area contributed by atoms with Crippen LogP contribution in [0.2, 0.25) is 0 Å². The van der Waals surface area contributed by atoms with Crippen LogP contribution in [0.4, 0.5) is 0 Å². The third-order valence-electron chi connectivity index (χ3n) is 7.88. The molecule has 1 saturated heterocycles. The zero-order chi connectivity index (χ0) is 31.4. The maximum Gasteiger partial charge on any atom is 0.295 e. The molecule has 1 fully saturated rings. The number of carbonyl (C=O) groups is 2. The van der Waals surface area contributed by atoms with Gasteiger partial charge in [0.1, 0.15) is 23.9 Å². The van der Waals surface area contributed by atoms with Crippen LogP contribution in [0.3, 0.4) is 0 Å². The summed E-state index contributed by atoms with van der Waals surface area (Å²) in [7, 11) is 0. The minimum Gasteiger partial charge on any atom is -0.507 e. The Morgan fingerprint density at radius 1 is 0.841 bits per heavy atom. The minimum absolute atomic E-state index is 0.0665. The molecule has 0 bridgehead atoms. The molecule has 1 N–H and O–H groups in total. The van der Waals surface area contributed by atoms with E-state index < -0.39 is 17.7 Å². The van der Waals surface area contributed by atoms with E-state index in [1.165, 1.54) is 4.90 Å². The topological polar surface area (TPSA) is 76.1 Å². The van der Waals surface area contributed by atoms with Crippen molar-refractivity contribution in [3.63, 3.8) is 0 Å². The summed E-state index contributed by atoms with van der Waals surface area (Å²) >= 11 is 0. The SMILES string of the molecule is CCOc1cccc(CN2C(=O)C(=O)/C(=C(\O)c3ccc(OCc4ccccc4)c(C)c3)C2c2ccc(C(C)(C)C)cc2)c1. The molecule has 226 valence electrons. The summed E-state index contributed by atoms with van der Waals surface area (Å²) in [6.07, 6.45) is 0. The average molecular weight is 590 g/mol. The zero-order valence-electron chi connectivity index (χ0n) is 26.0. The highest BCUT2D eigenvalue weighted by atomic mass is 16.5. The van der Waals surface area contributed by atoms with Gasteiger partial charge in [-0.15, -0.1) is 0 Å². The van der Waals surface area contributed by atoms with E-state index in [0.717, 1.165) is 27.8 Å². The van der Waals surface area contributed by atoms with Gasteiger partial charge >= 0.3 is 0 Å². The molecule has 6 heteroatoms. The van der Waals surface area contributed by atoms with Gasteiger partial charge in [-0.2, -0.15) is 0 Å². The van der Waals surface area contributed by atoms with E-state index in [1.807, 2.05) is 92.7 Å². The number of nitrogens with zero attached hydrogens (tertiary/aromatic N) is 1. The highest BCUT2D eigenvalue weighted by molar-refractivity contribution is 6.46. The summed E-state index contributed by atoms with van der Waals surface area (Å²) in [6.45, 7) is 11.3. The zero-order valence-corrected chi connectivity index (χ0v) is 26.0. The summed E-state index contributed by atoms with van der Waals surface area (Å²) in [5.41, 5.74) is 5.00. The number of Topliss-reactive ketones (excluding diaryl/α,β-unsaturated/α-hetero) is 1. The number of aryl methyl sites for hydroxylation is 1. The van der Waals surface area contributed by atoms with Crippen LogP contribution in [0.25, 0.3) is 5.76 Å². The number of likely N-dealkylation sites (tertiary alicyclic amines) is 1. The highest BCUT2D eigenvalue weighted by Crippen LogP contribution is 2.41. The van der Waals surface area contributed by atoms with Crippen molar-refractivity contribution in [2.24, 2.45) is 0 Å². The molecule has 1 aliphatic heterocycles. The number of carbonyl (C=O) groups excluding carboxylic acids is 2. The Morgan fingerprint density at radius 3 is 2.20 bits per heavy atom. The fourth-order valence-corrected chi connectivity index (χ4v) is 5.50. The van der Waals surface area contributed by atoms with Crippen molar-refractivity contribution in [1.82, 2.24) is 4.90 Å². The van der Waals surface area contributed by atoms with Crippen LogP contribution in [-0.2, 0) is 28.2 Å². The maximum absolute atomic E-state index is 13.7. The number of aliphatic hydroxyl groups excluding tert-OH is 1. The van der Waals surface area contributed by atoms with Gasteiger partial charge in [-0.25, -0.2) is 0 Å². The fraction of sp³-hybridized carbons (Fsp3) is 0.263. The lowest BCUT2D eigenvalue weighted by Crippen LogP contribution is -2.29. The molecule has 1 heterocycles. The molecule has 1 amide bonds. The monoisotopic (exact) mass is 589 g/mol. The number of ketones is 1. The Bertz CT molecular complexity index is 1680. The highest BCUT2D eigenvalue weighted by Gasteiger charge is 2.46. The van der Waals surface area contributed by atoms with E-state index in [4.69, 9.17) is 9.47 Å². The number of aliphatic hydroxyl groups is 1. The molecule has 1 aliphatic rings. The first-order valence-electron chi connectivity index (χ1n) is 14.9. The first-order valence-corrected chi connectivity index (χ1v) is 14.9. The number of hydrogen-bond acceptors (Lipinski definition) is 5. The third-order valence-corrected chi connectivity index (χ3v) is 7.88. The maximum atomic E-state index is 13.7.